The first-order chi connectivity index (χ1) is 11.6. The second-order valence-electron chi connectivity index (χ2n) is 6.47. The maximum atomic E-state index is 12.2. The molecule has 0 bridgehead atoms. The van der Waals surface area contributed by atoms with Crippen LogP contribution in [-0.4, -0.2) is 41.1 Å². The Labute approximate surface area is 139 Å². The molecule has 0 aliphatic heterocycles. The third kappa shape index (κ3) is 2.54. The molecular weight excluding hydrogens is 304 g/mol. The van der Waals surface area contributed by atoms with Gasteiger partial charge in [-0.25, -0.2) is 0 Å². The quantitative estimate of drug-likeness (QED) is 0.777. The van der Waals surface area contributed by atoms with Crippen molar-refractivity contribution in [2.24, 2.45) is 0 Å². The lowest BCUT2D eigenvalue weighted by atomic mass is 9.91. The van der Waals surface area contributed by atoms with Crippen LogP contribution < -0.4 is 5.32 Å². The maximum Gasteiger partial charge on any atom is 0.253 e. The summed E-state index contributed by atoms with van der Waals surface area (Å²) < 4.78 is 6.00. The number of benzene rings is 1. The van der Waals surface area contributed by atoms with Crippen molar-refractivity contribution in [1.29, 1.82) is 0 Å². The lowest BCUT2D eigenvalue weighted by Gasteiger charge is -2.22. The van der Waals surface area contributed by atoms with Crippen LogP contribution in [0, 0.1) is 0 Å². The van der Waals surface area contributed by atoms with Crippen LogP contribution in [0.1, 0.15) is 28.1 Å². The fourth-order valence-electron chi connectivity index (χ4n) is 3.35. The number of hydrogen-bond acceptors (Lipinski definition) is 4. The van der Waals surface area contributed by atoms with Crippen LogP contribution in [0.2, 0.25) is 0 Å². The number of nitrogens with zero attached hydrogens (tertiary/aromatic N) is 2. The Morgan fingerprint density at radius 2 is 2.25 bits per heavy atom. The van der Waals surface area contributed by atoms with E-state index >= 15 is 0 Å². The molecule has 3 aromatic rings. The van der Waals surface area contributed by atoms with Crippen LogP contribution in [0.25, 0.3) is 11.0 Å². The molecule has 1 atom stereocenters. The van der Waals surface area contributed by atoms with E-state index in [-0.39, 0.29) is 5.91 Å². The monoisotopic (exact) mass is 324 g/mol. The summed E-state index contributed by atoms with van der Waals surface area (Å²) in [6.45, 7) is 0. The minimum Gasteiger partial charge on any atom is -0.461 e. The van der Waals surface area contributed by atoms with E-state index in [1.54, 1.807) is 25.2 Å². The zero-order valence-corrected chi connectivity index (χ0v) is 13.8. The van der Waals surface area contributed by atoms with Gasteiger partial charge in [0.15, 0.2) is 0 Å². The third-order valence-electron chi connectivity index (χ3n) is 4.56. The van der Waals surface area contributed by atoms with E-state index in [1.165, 1.54) is 5.56 Å². The molecule has 6 nitrogen and oxygen atoms in total. The number of aromatic amines is 1. The predicted molar refractivity (Wildman–Crippen MR) is 92.3 cm³/mol. The van der Waals surface area contributed by atoms with Gasteiger partial charge in [0.25, 0.3) is 5.91 Å². The summed E-state index contributed by atoms with van der Waals surface area (Å²) in [5, 5.41) is 11.4. The number of nitrogens with one attached hydrogen (secondary N) is 2. The van der Waals surface area contributed by atoms with Crippen molar-refractivity contribution < 1.29 is 9.21 Å². The average Bonchev–Trinajstić information content (AvgIpc) is 3.21. The van der Waals surface area contributed by atoms with Gasteiger partial charge in [0.05, 0.1) is 6.20 Å². The lowest BCUT2D eigenvalue weighted by Crippen LogP contribution is -2.27. The van der Waals surface area contributed by atoms with Crippen molar-refractivity contribution in [3.63, 3.8) is 0 Å². The molecule has 1 aliphatic carbocycles. The van der Waals surface area contributed by atoms with Crippen LogP contribution in [0.3, 0.4) is 0 Å². The van der Waals surface area contributed by atoms with Gasteiger partial charge in [0.1, 0.15) is 17.2 Å². The topological polar surface area (TPSA) is 74.2 Å². The minimum absolute atomic E-state index is 0.00907. The van der Waals surface area contributed by atoms with Crippen molar-refractivity contribution in [1.82, 2.24) is 15.1 Å². The van der Waals surface area contributed by atoms with Crippen molar-refractivity contribution in [3.05, 3.63) is 47.3 Å². The fraction of sp³-hybridized carbons (Fsp3) is 0.333. The van der Waals surface area contributed by atoms with Gasteiger partial charge in [0, 0.05) is 43.1 Å². The van der Waals surface area contributed by atoms with Crippen LogP contribution in [0.15, 0.2) is 34.9 Å². The zero-order chi connectivity index (χ0) is 16.7. The van der Waals surface area contributed by atoms with Crippen molar-refractivity contribution in [2.75, 3.05) is 19.4 Å². The number of aromatic nitrogens is 2. The highest BCUT2D eigenvalue weighted by atomic mass is 16.3. The standard InChI is InChI=1S/C18H20N4O2/c1-22(2)18(23)11-3-5-15-13(9-11)14-10-12(4-6-16(14)24-15)20-17-7-8-19-21-17/h3,5,7-9,12H,4,6,10H2,1-2H3,(H2,19,20,21). The number of anilines is 1. The molecule has 1 aromatic carbocycles. The maximum absolute atomic E-state index is 12.2. The SMILES string of the molecule is CN(C)C(=O)c1ccc2oc3c(c2c1)CC(Nc1ccn[nH]1)CC3. The van der Waals surface area contributed by atoms with Gasteiger partial charge in [-0.1, -0.05) is 0 Å². The van der Waals surface area contributed by atoms with Gasteiger partial charge in [0.2, 0.25) is 0 Å². The second kappa shape index (κ2) is 5.70. The fourth-order valence-corrected chi connectivity index (χ4v) is 3.35. The number of H-pyrrole nitrogens is 1. The van der Waals surface area contributed by atoms with Gasteiger partial charge in [-0.3, -0.25) is 9.89 Å². The van der Waals surface area contributed by atoms with Gasteiger partial charge >= 0.3 is 0 Å². The van der Waals surface area contributed by atoms with E-state index in [1.807, 2.05) is 24.3 Å². The normalized spacial score (nSPS) is 16.8. The number of fused-ring (bicyclic) bond motifs is 3. The molecule has 24 heavy (non-hydrogen) atoms. The van der Waals surface area contributed by atoms with Crippen LogP contribution in [0.4, 0.5) is 5.82 Å². The first-order valence-electron chi connectivity index (χ1n) is 8.13. The molecule has 0 spiro atoms. The van der Waals surface area contributed by atoms with E-state index < -0.39 is 0 Å². The molecule has 4 rings (SSSR count). The predicted octanol–water partition coefficient (Wildman–Crippen LogP) is 2.83. The zero-order valence-electron chi connectivity index (χ0n) is 13.8. The van der Waals surface area contributed by atoms with Gasteiger partial charge in [-0.05, 0) is 37.1 Å². The number of furan rings is 1. The molecule has 0 saturated heterocycles. The Hall–Kier alpha value is -2.76. The number of aryl methyl sites for hydroxylation is 1. The Morgan fingerprint density at radius 3 is 3.00 bits per heavy atom. The Morgan fingerprint density at radius 1 is 1.38 bits per heavy atom. The van der Waals surface area contributed by atoms with Crippen molar-refractivity contribution >= 4 is 22.7 Å². The number of amides is 1. The highest BCUT2D eigenvalue weighted by Crippen LogP contribution is 2.33. The van der Waals surface area contributed by atoms with E-state index in [2.05, 4.69) is 15.5 Å². The van der Waals surface area contributed by atoms with E-state index in [0.29, 0.717) is 11.6 Å². The summed E-state index contributed by atoms with van der Waals surface area (Å²) in [6.07, 6.45) is 4.52. The first kappa shape index (κ1) is 14.8. The first-order valence-corrected chi connectivity index (χ1v) is 8.13. The molecule has 0 saturated carbocycles. The molecule has 1 aliphatic rings. The van der Waals surface area contributed by atoms with E-state index in [0.717, 1.165) is 41.8 Å². The molecule has 2 aromatic heterocycles. The number of rotatable bonds is 3. The summed E-state index contributed by atoms with van der Waals surface area (Å²) in [5.74, 6) is 1.98. The molecule has 6 heteroatoms. The van der Waals surface area contributed by atoms with Crippen LogP contribution in [-0.2, 0) is 12.8 Å². The molecule has 0 fully saturated rings. The van der Waals surface area contributed by atoms with Gasteiger partial charge in [-0.2, -0.15) is 5.10 Å². The smallest absolute Gasteiger partial charge is 0.253 e. The van der Waals surface area contributed by atoms with Crippen LogP contribution >= 0.6 is 0 Å². The molecule has 2 N–H and O–H groups in total. The van der Waals surface area contributed by atoms with Crippen LogP contribution in [0.5, 0.6) is 0 Å². The lowest BCUT2D eigenvalue weighted by molar-refractivity contribution is 0.0828. The molecular formula is C18H20N4O2. The second-order valence-corrected chi connectivity index (χ2v) is 6.47. The summed E-state index contributed by atoms with van der Waals surface area (Å²) in [4.78, 5) is 13.8. The number of carbonyl (C=O) groups is 1. The van der Waals surface area contributed by atoms with Gasteiger partial charge in [-0.15, -0.1) is 0 Å². The number of hydrogen-bond donors (Lipinski definition) is 2. The molecule has 0 radical (unpaired) electrons. The summed E-state index contributed by atoms with van der Waals surface area (Å²) in [5.41, 5.74) is 2.76. The van der Waals surface area contributed by atoms with E-state index in [4.69, 9.17) is 4.42 Å². The van der Waals surface area contributed by atoms with Crippen molar-refractivity contribution in [2.45, 2.75) is 25.3 Å². The summed E-state index contributed by atoms with van der Waals surface area (Å²) in [6, 6.07) is 7.95. The molecule has 124 valence electrons. The number of carbonyl (C=O) groups excluding carboxylic acids is 1. The van der Waals surface area contributed by atoms with Gasteiger partial charge < -0.3 is 14.6 Å². The molecule has 2 heterocycles. The summed E-state index contributed by atoms with van der Waals surface area (Å²) >= 11 is 0. The minimum atomic E-state index is 0.00907. The molecule has 1 amide bonds. The largest absolute Gasteiger partial charge is 0.461 e. The Bertz CT molecular complexity index is 880. The highest BCUT2D eigenvalue weighted by Gasteiger charge is 2.25. The van der Waals surface area contributed by atoms with E-state index in [9.17, 15) is 4.79 Å². The highest BCUT2D eigenvalue weighted by molar-refractivity contribution is 5.98. The van der Waals surface area contributed by atoms with Crippen molar-refractivity contribution in [3.8, 4) is 0 Å². The third-order valence-corrected chi connectivity index (χ3v) is 4.56. The Balaban J connectivity index is 1.66. The summed E-state index contributed by atoms with van der Waals surface area (Å²) in [7, 11) is 3.53. The average molecular weight is 324 g/mol. The Kier molecular flexibility index (Phi) is 3.52. The molecule has 1 unspecified atom stereocenters.